The standard InChI is InChI=1S/C11H19N3O2S/c1-10-8-13-14(9-10)5-4-12-11-2-6-17(15,16)7-3-11/h8-9,11-12H,2-7H2,1H3. The van der Waals surface area contributed by atoms with Crippen LogP contribution in [-0.2, 0) is 16.4 Å². The predicted octanol–water partition coefficient (Wildman–Crippen LogP) is 0.358. The summed E-state index contributed by atoms with van der Waals surface area (Å²) in [6, 6.07) is 0.343. The summed E-state index contributed by atoms with van der Waals surface area (Å²) in [4.78, 5) is 0. The first-order valence-corrected chi connectivity index (χ1v) is 7.80. The zero-order chi connectivity index (χ0) is 12.3. The average Bonchev–Trinajstić information content (AvgIpc) is 2.67. The molecule has 0 radical (unpaired) electrons. The van der Waals surface area contributed by atoms with Crippen LogP contribution in [-0.4, -0.2) is 42.3 Å². The van der Waals surface area contributed by atoms with Gasteiger partial charge in [-0.15, -0.1) is 0 Å². The maximum atomic E-state index is 11.3. The fraction of sp³-hybridized carbons (Fsp3) is 0.727. The Morgan fingerprint density at radius 1 is 1.47 bits per heavy atom. The van der Waals surface area contributed by atoms with Gasteiger partial charge >= 0.3 is 0 Å². The fourth-order valence-corrected chi connectivity index (χ4v) is 3.56. The van der Waals surface area contributed by atoms with Crippen LogP contribution in [0.3, 0.4) is 0 Å². The van der Waals surface area contributed by atoms with E-state index < -0.39 is 9.84 Å². The molecule has 1 aliphatic heterocycles. The van der Waals surface area contributed by atoms with Gasteiger partial charge in [-0.25, -0.2) is 8.42 Å². The van der Waals surface area contributed by atoms with Crippen LogP contribution in [0.1, 0.15) is 18.4 Å². The molecule has 6 heteroatoms. The lowest BCUT2D eigenvalue weighted by Crippen LogP contribution is -2.38. The summed E-state index contributed by atoms with van der Waals surface area (Å²) in [6.07, 6.45) is 5.32. The van der Waals surface area contributed by atoms with Crippen LogP contribution in [0.4, 0.5) is 0 Å². The van der Waals surface area contributed by atoms with Crippen molar-refractivity contribution in [2.75, 3.05) is 18.1 Å². The summed E-state index contributed by atoms with van der Waals surface area (Å²) in [5, 5.41) is 7.59. The molecule has 1 fully saturated rings. The molecule has 0 aliphatic carbocycles. The molecule has 5 nitrogen and oxygen atoms in total. The lowest BCUT2D eigenvalue weighted by Gasteiger charge is -2.23. The molecule has 2 rings (SSSR count). The molecule has 1 aliphatic rings. The molecule has 96 valence electrons. The largest absolute Gasteiger partial charge is 0.312 e. The van der Waals surface area contributed by atoms with Crippen LogP contribution >= 0.6 is 0 Å². The smallest absolute Gasteiger partial charge is 0.150 e. The van der Waals surface area contributed by atoms with Crippen molar-refractivity contribution in [1.82, 2.24) is 15.1 Å². The molecule has 0 saturated carbocycles. The van der Waals surface area contributed by atoms with Gasteiger partial charge in [0.25, 0.3) is 0 Å². The highest BCUT2D eigenvalue weighted by Crippen LogP contribution is 2.11. The number of aryl methyl sites for hydroxylation is 1. The molecular formula is C11H19N3O2S. The lowest BCUT2D eigenvalue weighted by molar-refractivity contribution is 0.441. The van der Waals surface area contributed by atoms with Crippen LogP contribution in [0.25, 0.3) is 0 Å². The van der Waals surface area contributed by atoms with E-state index in [1.807, 2.05) is 24.0 Å². The second-order valence-corrected chi connectivity index (χ2v) is 6.96. The molecule has 0 amide bonds. The maximum absolute atomic E-state index is 11.3. The van der Waals surface area contributed by atoms with E-state index in [1.165, 1.54) is 0 Å². The van der Waals surface area contributed by atoms with Gasteiger partial charge < -0.3 is 5.32 Å². The van der Waals surface area contributed by atoms with Gasteiger partial charge in [-0.3, -0.25) is 4.68 Å². The van der Waals surface area contributed by atoms with E-state index >= 15 is 0 Å². The Bertz CT molecular complexity index is 453. The van der Waals surface area contributed by atoms with Gasteiger partial charge in [-0.2, -0.15) is 5.10 Å². The van der Waals surface area contributed by atoms with Gasteiger partial charge in [0.05, 0.1) is 24.2 Å². The third-order valence-electron chi connectivity index (χ3n) is 3.09. The highest BCUT2D eigenvalue weighted by atomic mass is 32.2. The van der Waals surface area contributed by atoms with Crippen molar-refractivity contribution in [3.05, 3.63) is 18.0 Å². The van der Waals surface area contributed by atoms with E-state index in [2.05, 4.69) is 10.4 Å². The molecule has 17 heavy (non-hydrogen) atoms. The first kappa shape index (κ1) is 12.6. The van der Waals surface area contributed by atoms with Crippen LogP contribution in [0.2, 0.25) is 0 Å². The van der Waals surface area contributed by atoms with E-state index in [4.69, 9.17) is 0 Å². The Kier molecular flexibility index (Phi) is 3.83. The highest BCUT2D eigenvalue weighted by Gasteiger charge is 2.22. The minimum Gasteiger partial charge on any atom is -0.312 e. The van der Waals surface area contributed by atoms with Crippen molar-refractivity contribution >= 4 is 9.84 Å². The number of rotatable bonds is 4. The van der Waals surface area contributed by atoms with Crippen LogP contribution in [0.15, 0.2) is 12.4 Å². The summed E-state index contributed by atoms with van der Waals surface area (Å²) < 4.78 is 24.4. The molecule has 0 bridgehead atoms. The number of nitrogens with one attached hydrogen (secondary N) is 1. The van der Waals surface area contributed by atoms with Gasteiger partial charge in [0.15, 0.2) is 0 Å². The first-order valence-electron chi connectivity index (χ1n) is 5.98. The van der Waals surface area contributed by atoms with Gasteiger partial charge in [0.1, 0.15) is 9.84 Å². The lowest BCUT2D eigenvalue weighted by atomic mass is 10.1. The molecule has 0 spiro atoms. The SMILES string of the molecule is Cc1cnn(CCNC2CCS(=O)(=O)CC2)c1. The van der Waals surface area contributed by atoms with Crippen LogP contribution in [0.5, 0.6) is 0 Å². The van der Waals surface area contributed by atoms with E-state index in [0.29, 0.717) is 17.5 Å². The Morgan fingerprint density at radius 2 is 2.18 bits per heavy atom. The molecule has 1 aromatic rings. The monoisotopic (exact) mass is 257 g/mol. The second kappa shape index (κ2) is 5.18. The molecule has 1 N–H and O–H groups in total. The Morgan fingerprint density at radius 3 is 2.76 bits per heavy atom. The number of aromatic nitrogens is 2. The normalized spacial score (nSPS) is 20.5. The molecule has 1 aromatic heterocycles. The Hall–Kier alpha value is -0.880. The van der Waals surface area contributed by atoms with Crippen molar-refractivity contribution < 1.29 is 8.42 Å². The van der Waals surface area contributed by atoms with Crippen molar-refractivity contribution in [3.63, 3.8) is 0 Å². The number of hydrogen-bond donors (Lipinski definition) is 1. The van der Waals surface area contributed by atoms with Gasteiger partial charge in [-0.05, 0) is 25.3 Å². The molecule has 0 aromatic carbocycles. The van der Waals surface area contributed by atoms with Crippen molar-refractivity contribution in [3.8, 4) is 0 Å². The summed E-state index contributed by atoms with van der Waals surface area (Å²) in [7, 11) is -2.75. The molecular weight excluding hydrogens is 238 g/mol. The summed E-state index contributed by atoms with van der Waals surface area (Å²) in [6.45, 7) is 3.69. The van der Waals surface area contributed by atoms with E-state index in [0.717, 1.165) is 31.5 Å². The van der Waals surface area contributed by atoms with Crippen molar-refractivity contribution in [2.24, 2.45) is 0 Å². The highest BCUT2D eigenvalue weighted by molar-refractivity contribution is 7.91. The van der Waals surface area contributed by atoms with E-state index in [9.17, 15) is 8.42 Å². The van der Waals surface area contributed by atoms with Gasteiger partial charge in [0.2, 0.25) is 0 Å². The average molecular weight is 257 g/mol. The van der Waals surface area contributed by atoms with Crippen molar-refractivity contribution in [2.45, 2.75) is 32.4 Å². The zero-order valence-electron chi connectivity index (χ0n) is 10.1. The molecule has 0 atom stereocenters. The summed E-state index contributed by atoms with van der Waals surface area (Å²) >= 11 is 0. The summed E-state index contributed by atoms with van der Waals surface area (Å²) in [5.41, 5.74) is 1.16. The Labute approximate surface area is 102 Å². The van der Waals surface area contributed by atoms with E-state index in [1.54, 1.807) is 0 Å². The third kappa shape index (κ3) is 3.81. The topological polar surface area (TPSA) is 64.0 Å². The second-order valence-electron chi connectivity index (χ2n) is 4.66. The number of sulfone groups is 1. The zero-order valence-corrected chi connectivity index (χ0v) is 10.9. The first-order chi connectivity index (χ1) is 8.05. The Balaban J connectivity index is 1.70. The number of hydrogen-bond acceptors (Lipinski definition) is 4. The minimum absolute atomic E-state index is 0.325. The van der Waals surface area contributed by atoms with Gasteiger partial charge in [0, 0.05) is 18.8 Å². The van der Waals surface area contributed by atoms with Crippen LogP contribution in [0, 0.1) is 6.92 Å². The maximum Gasteiger partial charge on any atom is 0.150 e. The summed E-state index contributed by atoms with van der Waals surface area (Å²) in [5.74, 6) is 0.650. The fourth-order valence-electron chi connectivity index (χ4n) is 2.07. The van der Waals surface area contributed by atoms with E-state index in [-0.39, 0.29) is 0 Å². The third-order valence-corrected chi connectivity index (χ3v) is 4.81. The predicted molar refractivity (Wildman–Crippen MR) is 66.6 cm³/mol. The van der Waals surface area contributed by atoms with Crippen LogP contribution < -0.4 is 5.32 Å². The quantitative estimate of drug-likeness (QED) is 0.846. The minimum atomic E-state index is -2.75. The van der Waals surface area contributed by atoms with Gasteiger partial charge in [-0.1, -0.05) is 0 Å². The molecule has 2 heterocycles. The molecule has 0 unspecified atom stereocenters. The number of nitrogens with zero attached hydrogens (tertiary/aromatic N) is 2. The van der Waals surface area contributed by atoms with Crippen molar-refractivity contribution in [1.29, 1.82) is 0 Å². The molecule has 1 saturated heterocycles.